The summed E-state index contributed by atoms with van der Waals surface area (Å²) in [6.45, 7) is 4.13. The number of nitrogens with one attached hydrogen (secondary N) is 3. The maximum atomic E-state index is 11.1. The van der Waals surface area contributed by atoms with Crippen molar-refractivity contribution in [2.45, 2.75) is 20.3 Å². The molecule has 1 heterocycles. The second kappa shape index (κ2) is 9.54. The van der Waals surface area contributed by atoms with Crippen molar-refractivity contribution >= 4 is 29.0 Å². The van der Waals surface area contributed by atoms with Gasteiger partial charge in [-0.2, -0.15) is 4.98 Å². The Morgan fingerprint density at radius 2 is 1.79 bits per heavy atom. The van der Waals surface area contributed by atoms with Gasteiger partial charge in [-0.25, -0.2) is 4.98 Å². The van der Waals surface area contributed by atoms with E-state index < -0.39 is 0 Å². The van der Waals surface area contributed by atoms with E-state index in [2.05, 4.69) is 32.0 Å². The average molecular weight is 391 g/mol. The highest BCUT2D eigenvalue weighted by Gasteiger charge is 2.04. The van der Waals surface area contributed by atoms with Crippen LogP contribution in [0.2, 0.25) is 0 Å². The van der Waals surface area contributed by atoms with Gasteiger partial charge in [0.15, 0.2) is 0 Å². The predicted octanol–water partition coefficient (Wildman–Crippen LogP) is 4.15. The molecule has 7 nitrogen and oxygen atoms in total. The van der Waals surface area contributed by atoms with E-state index >= 15 is 0 Å². The lowest BCUT2D eigenvalue weighted by Crippen LogP contribution is -2.09. The highest BCUT2D eigenvalue weighted by atomic mass is 16.5. The van der Waals surface area contributed by atoms with Crippen molar-refractivity contribution in [1.29, 1.82) is 0 Å². The standard InChI is InChI=1S/C22H25N5O2/c1-15-13-21(26-19-9-7-18(8-10-19)25-16(2)28)27-22(24-15)23-12-11-17-5-4-6-20(14-17)29-3/h4-10,13-14H,11-12H2,1-3H3,(H,25,28)(H2,23,24,26,27). The lowest BCUT2D eigenvalue weighted by atomic mass is 10.1. The number of aryl methyl sites for hydroxylation is 1. The first-order valence-corrected chi connectivity index (χ1v) is 9.39. The molecule has 0 spiro atoms. The van der Waals surface area contributed by atoms with Crippen molar-refractivity contribution < 1.29 is 9.53 Å². The highest BCUT2D eigenvalue weighted by Crippen LogP contribution is 2.19. The Morgan fingerprint density at radius 1 is 1.03 bits per heavy atom. The van der Waals surface area contributed by atoms with Crippen LogP contribution in [0.5, 0.6) is 5.75 Å². The molecule has 29 heavy (non-hydrogen) atoms. The smallest absolute Gasteiger partial charge is 0.224 e. The number of amides is 1. The van der Waals surface area contributed by atoms with E-state index in [1.807, 2.05) is 55.5 Å². The van der Waals surface area contributed by atoms with Gasteiger partial charge in [0.2, 0.25) is 11.9 Å². The van der Waals surface area contributed by atoms with E-state index in [-0.39, 0.29) is 5.91 Å². The summed E-state index contributed by atoms with van der Waals surface area (Å²) in [5.41, 5.74) is 3.67. The molecule has 0 fully saturated rings. The number of hydrogen-bond donors (Lipinski definition) is 3. The fraction of sp³-hybridized carbons (Fsp3) is 0.227. The van der Waals surface area contributed by atoms with Crippen LogP contribution in [-0.4, -0.2) is 29.5 Å². The Hall–Kier alpha value is -3.61. The van der Waals surface area contributed by atoms with Gasteiger partial charge in [-0.1, -0.05) is 12.1 Å². The first-order valence-electron chi connectivity index (χ1n) is 9.39. The number of methoxy groups -OCH3 is 1. The van der Waals surface area contributed by atoms with E-state index in [4.69, 9.17) is 4.74 Å². The Kier molecular flexibility index (Phi) is 6.63. The van der Waals surface area contributed by atoms with Crippen LogP contribution >= 0.6 is 0 Å². The third kappa shape index (κ3) is 6.21. The van der Waals surface area contributed by atoms with Crippen LogP contribution < -0.4 is 20.7 Å². The molecule has 7 heteroatoms. The summed E-state index contributed by atoms with van der Waals surface area (Å²) >= 11 is 0. The molecule has 0 saturated heterocycles. The first-order chi connectivity index (χ1) is 14.0. The molecule has 0 atom stereocenters. The van der Waals surface area contributed by atoms with Gasteiger partial charge in [-0.3, -0.25) is 4.79 Å². The summed E-state index contributed by atoms with van der Waals surface area (Å²) in [7, 11) is 1.67. The SMILES string of the molecule is COc1cccc(CCNc2nc(C)cc(Nc3ccc(NC(C)=O)cc3)n2)c1. The molecule has 0 aliphatic heterocycles. The molecule has 3 rings (SSSR count). The Morgan fingerprint density at radius 3 is 2.52 bits per heavy atom. The van der Waals surface area contributed by atoms with Crippen LogP contribution in [0.25, 0.3) is 0 Å². The quantitative estimate of drug-likeness (QED) is 0.535. The topological polar surface area (TPSA) is 88.2 Å². The second-order valence-electron chi connectivity index (χ2n) is 6.63. The maximum absolute atomic E-state index is 11.1. The summed E-state index contributed by atoms with van der Waals surface area (Å²) < 4.78 is 5.26. The van der Waals surface area contributed by atoms with E-state index in [0.29, 0.717) is 18.3 Å². The van der Waals surface area contributed by atoms with Crippen molar-refractivity contribution in [1.82, 2.24) is 9.97 Å². The summed E-state index contributed by atoms with van der Waals surface area (Å²) in [6, 6.07) is 17.3. The molecule has 0 aliphatic rings. The maximum Gasteiger partial charge on any atom is 0.224 e. The van der Waals surface area contributed by atoms with Crippen LogP contribution in [0.1, 0.15) is 18.2 Å². The molecule has 3 N–H and O–H groups in total. The fourth-order valence-electron chi connectivity index (χ4n) is 2.85. The Bertz CT molecular complexity index is 973. The highest BCUT2D eigenvalue weighted by molar-refractivity contribution is 5.88. The van der Waals surface area contributed by atoms with Crippen LogP contribution in [0.15, 0.2) is 54.6 Å². The van der Waals surface area contributed by atoms with Gasteiger partial charge in [-0.05, 0) is 55.3 Å². The number of nitrogens with zero attached hydrogens (tertiary/aromatic N) is 2. The second-order valence-corrected chi connectivity index (χ2v) is 6.63. The average Bonchev–Trinajstić information content (AvgIpc) is 2.69. The predicted molar refractivity (Wildman–Crippen MR) is 116 cm³/mol. The van der Waals surface area contributed by atoms with Gasteiger partial charge in [-0.15, -0.1) is 0 Å². The monoisotopic (exact) mass is 391 g/mol. The number of aromatic nitrogens is 2. The van der Waals surface area contributed by atoms with Crippen LogP contribution in [0.4, 0.5) is 23.1 Å². The number of benzene rings is 2. The molecule has 150 valence electrons. The zero-order valence-corrected chi connectivity index (χ0v) is 16.8. The van der Waals surface area contributed by atoms with Crippen LogP contribution in [0.3, 0.4) is 0 Å². The number of anilines is 4. The summed E-state index contributed by atoms with van der Waals surface area (Å²) in [6.07, 6.45) is 0.835. The van der Waals surface area contributed by atoms with Gasteiger partial charge >= 0.3 is 0 Å². The number of carbonyl (C=O) groups is 1. The van der Waals surface area contributed by atoms with Gasteiger partial charge in [0.1, 0.15) is 11.6 Å². The van der Waals surface area contributed by atoms with Crippen molar-refractivity contribution in [2.24, 2.45) is 0 Å². The minimum Gasteiger partial charge on any atom is -0.497 e. The van der Waals surface area contributed by atoms with Gasteiger partial charge in [0.25, 0.3) is 0 Å². The minimum atomic E-state index is -0.0956. The molecular weight excluding hydrogens is 366 g/mol. The van der Waals surface area contributed by atoms with Crippen molar-refractivity contribution in [2.75, 3.05) is 29.6 Å². The van der Waals surface area contributed by atoms with E-state index in [1.54, 1.807) is 7.11 Å². The normalized spacial score (nSPS) is 10.3. The van der Waals surface area contributed by atoms with Gasteiger partial charge < -0.3 is 20.7 Å². The third-order valence-electron chi connectivity index (χ3n) is 4.16. The Labute approximate surface area is 170 Å². The lowest BCUT2D eigenvalue weighted by Gasteiger charge is -2.11. The molecule has 0 unspecified atom stereocenters. The zero-order chi connectivity index (χ0) is 20.6. The molecule has 0 bridgehead atoms. The number of ether oxygens (including phenoxy) is 1. The van der Waals surface area contributed by atoms with Crippen molar-refractivity contribution in [3.05, 3.63) is 65.9 Å². The Balaban J connectivity index is 1.61. The van der Waals surface area contributed by atoms with E-state index in [9.17, 15) is 4.79 Å². The number of carbonyl (C=O) groups excluding carboxylic acids is 1. The molecule has 0 aliphatic carbocycles. The molecule has 2 aromatic carbocycles. The summed E-state index contributed by atoms with van der Waals surface area (Å²) in [5.74, 6) is 2.03. The van der Waals surface area contributed by atoms with Crippen molar-refractivity contribution in [3.63, 3.8) is 0 Å². The first kappa shape index (κ1) is 20.1. The van der Waals surface area contributed by atoms with E-state index in [1.165, 1.54) is 12.5 Å². The third-order valence-corrected chi connectivity index (χ3v) is 4.16. The minimum absolute atomic E-state index is 0.0956. The summed E-state index contributed by atoms with van der Waals surface area (Å²) in [4.78, 5) is 20.1. The van der Waals surface area contributed by atoms with Crippen LogP contribution in [0, 0.1) is 6.92 Å². The fourth-order valence-corrected chi connectivity index (χ4v) is 2.85. The molecule has 1 amide bonds. The lowest BCUT2D eigenvalue weighted by molar-refractivity contribution is -0.114. The number of rotatable bonds is 8. The summed E-state index contributed by atoms with van der Waals surface area (Å²) in [5, 5.41) is 9.29. The molecular formula is C22H25N5O2. The molecule has 0 radical (unpaired) electrons. The molecule has 0 saturated carbocycles. The van der Waals surface area contributed by atoms with Crippen molar-refractivity contribution in [3.8, 4) is 5.75 Å². The van der Waals surface area contributed by atoms with E-state index in [0.717, 1.165) is 29.2 Å². The largest absolute Gasteiger partial charge is 0.497 e. The van der Waals surface area contributed by atoms with Crippen LogP contribution in [-0.2, 0) is 11.2 Å². The zero-order valence-electron chi connectivity index (χ0n) is 16.8. The van der Waals surface area contributed by atoms with Gasteiger partial charge in [0.05, 0.1) is 7.11 Å². The number of hydrogen-bond acceptors (Lipinski definition) is 6. The molecule has 3 aromatic rings. The van der Waals surface area contributed by atoms with Gasteiger partial charge in [0, 0.05) is 36.6 Å². The molecule has 1 aromatic heterocycles.